The Kier molecular flexibility index (Phi) is 5.58. The monoisotopic (exact) mass is 366 g/mol. The van der Waals surface area contributed by atoms with E-state index in [0.29, 0.717) is 11.4 Å². The first kappa shape index (κ1) is 18.0. The van der Waals surface area contributed by atoms with Crippen LogP contribution in [0.1, 0.15) is 22.3 Å². The van der Waals surface area contributed by atoms with Crippen LogP contribution in [0.5, 0.6) is 0 Å². The van der Waals surface area contributed by atoms with E-state index in [4.69, 9.17) is 17.3 Å². The van der Waals surface area contributed by atoms with Crippen LogP contribution in [0.15, 0.2) is 53.4 Å². The third-order valence-corrected chi connectivity index (χ3v) is 4.89. The summed E-state index contributed by atoms with van der Waals surface area (Å²) in [5, 5.41) is 0.588. The maximum atomic E-state index is 12.1. The van der Waals surface area contributed by atoms with Gasteiger partial charge in [-0.3, -0.25) is 9.59 Å². The number of primary amides is 1. The number of aryl methyl sites for hydroxylation is 1. The van der Waals surface area contributed by atoms with Gasteiger partial charge in [0.15, 0.2) is 0 Å². The predicted octanol–water partition coefficient (Wildman–Crippen LogP) is 1.88. The van der Waals surface area contributed by atoms with Crippen molar-refractivity contribution in [2.24, 2.45) is 5.73 Å². The number of carbonyl (C=O) groups is 2. The number of nitrogens with two attached hydrogens (primary N) is 1. The van der Waals surface area contributed by atoms with Crippen molar-refractivity contribution in [1.82, 2.24) is 4.72 Å². The van der Waals surface area contributed by atoms with Crippen LogP contribution >= 0.6 is 11.6 Å². The maximum absolute atomic E-state index is 12.1. The van der Waals surface area contributed by atoms with Gasteiger partial charge in [-0.2, -0.15) is 0 Å². The van der Waals surface area contributed by atoms with Crippen molar-refractivity contribution in [2.75, 3.05) is 0 Å². The van der Waals surface area contributed by atoms with E-state index in [1.165, 1.54) is 24.3 Å². The number of rotatable bonds is 6. The Balaban J connectivity index is 1.98. The van der Waals surface area contributed by atoms with Crippen LogP contribution in [-0.2, 0) is 21.2 Å². The molecule has 0 atom stereocenters. The van der Waals surface area contributed by atoms with Crippen LogP contribution in [-0.4, -0.2) is 20.2 Å². The Morgan fingerprint density at radius 1 is 1.00 bits per heavy atom. The van der Waals surface area contributed by atoms with Gasteiger partial charge >= 0.3 is 0 Å². The highest BCUT2D eigenvalue weighted by atomic mass is 35.5. The van der Waals surface area contributed by atoms with E-state index < -0.39 is 21.8 Å². The lowest BCUT2D eigenvalue weighted by Crippen LogP contribution is -2.30. The second kappa shape index (κ2) is 7.46. The van der Waals surface area contributed by atoms with Gasteiger partial charge in [-0.05, 0) is 48.4 Å². The number of nitrogens with one attached hydrogen (secondary N) is 1. The van der Waals surface area contributed by atoms with Crippen LogP contribution < -0.4 is 10.5 Å². The highest BCUT2D eigenvalue weighted by Gasteiger charge is 2.17. The smallest absolute Gasteiger partial charge is 0.264 e. The van der Waals surface area contributed by atoms with Crippen molar-refractivity contribution < 1.29 is 18.0 Å². The number of benzene rings is 2. The molecule has 8 heteroatoms. The fraction of sp³-hybridized carbons (Fsp3) is 0.125. The van der Waals surface area contributed by atoms with Gasteiger partial charge in [-0.15, -0.1) is 0 Å². The Hall–Kier alpha value is -2.38. The Morgan fingerprint density at radius 2 is 1.58 bits per heavy atom. The molecule has 0 spiro atoms. The minimum absolute atomic E-state index is 0.0141. The minimum Gasteiger partial charge on any atom is -0.366 e. The van der Waals surface area contributed by atoms with Gasteiger partial charge in [0.25, 0.3) is 10.0 Å². The van der Waals surface area contributed by atoms with Crippen LogP contribution in [0.4, 0.5) is 0 Å². The van der Waals surface area contributed by atoms with Crippen molar-refractivity contribution in [3.05, 3.63) is 64.7 Å². The molecule has 2 rings (SSSR count). The molecule has 0 aliphatic carbocycles. The summed E-state index contributed by atoms with van der Waals surface area (Å²) in [4.78, 5) is 22.7. The first-order valence-corrected chi connectivity index (χ1v) is 8.84. The van der Waals surface area contributed by atoms with Gasteiger partial charge in [0, 0.05) is 17.0 Å². The van der Waals surface area contributed by atoms with E-state index in [1.54, 1.807) is 24.3 Å². The summed E-state index contributed by atoms with van der Waals surface area (Å²) < 4.78 is 26.2. The Morgan fingerprint density at radius 3 is 2.12 bits per heavy atom. The third kappa shape index (κ3) is 4.81. The third-order valence-electron chi connectivity index (χ3n) is 3.25. The number of hydrogen-bond acceptors (Lipinski definition) is 4. The molecule has 0 saturated heterocycles. The number of hydrogen-bond donors (Lipinski definition) is 2. The largest absolute Gasteiger partial charge is 0.366 e. The SMILES string of the molecule is NC(=O)c1ccc(S(=O)(=O)NC(=O)CCc2ccc(Cl)cc2)cc1. The molecule has 0 aromatic heterocycles. The summed E-state index contributed by atoms with van der Waals surface area (Å²) in [6, 6.07) is 11.9. The highest BCUT2D eigenvalue weighted by Crippen LogP contribution is 2.12. The van der Waals surface area contributed by atoms with E-state index in [9.17, 15) is 18.0 Å². The normalized spacial score (nSPS) is 11.0. The van der Waals surface area contributed by atoms with Gasteiger partial charge in [-0.1, -0.05) is 23.7 Å². The molecule has 0 radical (unpaired) electrons. The lowest BCUT2D eigenvalue weighted by Gasteiger charge is -2.07. The second-order valence-electron chi connectivity index (χ2n) is 5.04. The van der Waals surface area contributed by atoms with Crippen LogP contribution in [0.2, 0.25) is 5.02 Å². The van der Waals surface area contributed by atoms with E-state index in [0.717, 1.165) is 5.56 Å². The predicted molar refractivity (Wildman–Crippen MR) is 90.1 cm³/mol. The molecule has 0 saturated carbocycles. The van der Waals surface area contributed by atoms with Crippen LogP contribution in [0.25, 0.3) is 0 Å². The van der Waals surface area contributed by atoms with Gasteiger partial charge in [0.1, 0.15) is 0 Å². The van der Waals surface area contributed by atoms with E-state index in [2.05, 4.69) is 0 Å². The molecule has 0 aliphatic rings. The quantitative estimate of drug-likeness (QED) is 0.813. The van der Waals surface area contributed by atoms with Gasteiger partial charge in [0.2, 0.25) is 11.8 Å². The lowest BCUT2D eigenvalue weighted by molar-refractivity contribution is -0.119. The van der Waals surface area contributed by atoms with Crippen molar-refractivity contribution in [3.63, 3.8) is 0 Å². The molecular weight excluding hydrogens is 352 g/mol. The van der Waals surface area contributed by atoms with Crippen molar-refractivity contribution in [3.8, 4) is 0 Å². The average molecular weight is 367 g/mol. The highest BCUT2D eigenvalue weighted by molar-refractivity contribution is 7.90. The van der Waals surface area contributed by atoms with E-state index in [-0.39, 0.29) is 16.9 Å². The maximum Gasteiger partial charge on any atom is 0.264 e. The number of sulfonamides is 1. The molecule has 0 fully saturated rings. The lowest BCUT2D eigenvalue weighted by atomic mass is 10.1. The molecule has 0 unspecified atom stereocenters. The van der Waals surface area contributed by atoms with Crippen LogP contribution in [0, 0.1) is 0 Å². The fourth-order valence-electron chi connectivity index (χ4n) is 1.97. The molecule has 2 aromatic carbocycles. The van der Waals surface area contributed by atoms with Crippen molar-refractivity contribution >= 4 is 33.4 Å². The van der Waals surface area contributed by atoms with Gasteiger partial charge in [-0.25, -0.2) is 13.1 Å². The first-order chi connectivity index (χ1) is 11.3. The molecule has 3 N–H and O–H groups in total. The van der Waals surface area contributed by atoms with E-state index >= 15 is 0 Å². The average Bonchev–Trinajstić information content (AvgIpc) is 2.54. The molecular formula is C16H15ClN2O4S. The summed E-state index contributed by atoms with van der Waals surface area (Å²) in [6.07, 6.45) is 0.402. The molecule has 2 amide bonds. The number of carbonyl (C=O) groups excluding carboxylic acids is 2. The summed E-state index contributed by atoms with van der Waals surface area (Å²) in [5.74, 6) is -1.28. The molecule has 2 aromatic rings. The van der Waals surface area contributed by atoms with Crippen LogP contribution in [0.3, 0.4) is 0 Å². The van der Waals surface area contributed by atoms with Crippen molar-refractivity contribution in [2.45, 2.75) is 17.7 Å². The molecule has 126 valence electrons. The summed E-state index contributed by atoms with van der Waals surface area (Å²) in [7, 11) is -3.99. The van der Waals surface area contributed by atoms with E-state index in [1.807, 2.05) is 4.72 Å². The summed E-state index contributed by atoms with van der Waals surface area (Å²) >= 11 is 5.77. The van der Waals surface area contributed by atoms with Crippen molar-refractivity contribution in [1.29, 1.82) is 0 Å². The first-order valence-electron chi connectivity index (χ1n) is 6.98. The zero-order valence-electron chi connectivity index (χ0n) is 12.5. The van der Waals surface area contributed by atoms with Gasteiger partial charge < -0.3 is 5.73 Å². The summed E-state index contributed by atoms with van der Waals surface area (Å²) in [6.45, 7) is 0. The zero-order chi connectivity index (χ0) is 17.7. The molecule has 6 nitrogen and oxygen atoms in total. The topological polar surface area (TPSA) is 106 Å². The number of halogens is 1. The second-order valence-corrected chi connectivity index (χ2v) is 7.16. The minimum atomic E-state index is -3.99. The fourth-order valence-corrected chi connectivity index (χ4v) is 3.11. The number of amides is 2. The zero-order valence-corrected chi connectivity index (χ0v) is 14.1. The standard InChI is InChI=1S/C16H15ClN2O4S/c17-13-6-1-11(2-7-13)3-10-15(20)19-24(22,23)14-8-4-12(5-9-14)16(18)21/h1-2,4-9H,3,10H2,(H2,18,21)(H,19,20). The molecule has 0 heterocycles. The Bertz CT molecular complexity index is 847. The van der Waals surface area contributed by atoms with Gasteiger partial charge in [0.05, 0.1) is 4.90 Å². The molecule has 0 aliphatic heterocycles. The summed E-state index contributed by atoms with van der Waals surface area (Å²) in [5.41, 5.74) is 6.15. The molecule has 0 bridgehead atoms. The molecule has 24 heavy (non-hydrogen) atoms. The Labute approximate surface area is 144 Å².